The highest BCUT2D eigenvalue weighted by atomic mass is 32.2. The molecule has 3 heterocycles. The van der Waals surface area contributed by atoms with Gasteiger partial charge in [0.05, 0.1) is 5.69 Å². The first-order valence-electron chi connectivity index (χ1n) is 9.58. The molecule has 2 aromatic carbocycles. The zero-order valence-electron chi connectivity index (χ0n) is 15.1. The fourth-order valence-corrected chi connectivity index (χ4v) is 6.09. The van der Waals surface area contributed by atoms with Crippen LogP contribution in [0, 0.1) is 13.8 Å². The van der Waals surface area contributed by atoms with E-state index in [1.165, 1.54) is 52.3 Å². The van der Waals surface area contributed by atoms with E-state index < -0.39 is 0 Å². The third kappa shape index (κ3) is 2.51. The molecule has 3 aliphatic rings. The Labute approximate surface area is 155 Å². The Kier molecular flexibility index (Phi) is 3.83. The fraction of sp³-hybridized carbons (Fsp3) is 0.455. The van der Waals surface area contributed by atoms with Crippen LogP contribution in [-0.4, -0.2) is 31.4 Å². The van der Waals surface area contributed by atoms with Crippen LogP contribution in [0.4, 0.5) is 5.69 Å². The van der Waals surface area contributed by atoms with Crippen molar-refractivity contribution >= 4 is 17.4 Å². The molecule has 1 saturated heterocycles. The van der Waals surface area contributed by atoms with E-state index in [0.29, 0.717) is 12.0 Å². The summed E-state index contributed by atoms with van der Waals surface area (Å²) < 4.78 is 0. The first kappa shape index (κ1) is 15.8. The Morgan fingerprint density at radius 3 is 2.96 bits per heavy atom. The molecule has 0 bridgehead atoms. The molecule has 2 aromatic rings. The van der Waals surface area contributed by atoms with Crippen LogP contribution in [0.25, 0.3) is 11.1 Å². The van der Waals surface area contributed by atoms with Gasteiger partial charge < -0.3 is 10.2 Å². The molecule has 5 rings (SSSR count). The van der Waals surface area contributed by atoms with E-state index in [4.69, 9.17) is 0 Å². The maximum Gasteiger partial charge on any atom is 0.0544 e. The van der Waals surface area contributed by atoms with E-state index in [1.807, 2.05) is 0 Å². The number of thioether (sulfide) groups is 1. The summed E-state index contributed by atoms with van der Waals surface area (Å²) in [6.07, 6.45) is 2.58. The van der Waals surface area contributed by atoms with Gasteiger partial charge in [-0.15, -0.1) is 11.8 Å². The van der Waals surface area contributed by atoms with Crippen molar-refractivity contribution in [2.75, 3.05) is 30.3 Å². The van der Waals surface area contributed by atoms with Gasteiger partial charge in [-0.05, 0) is 73.4 Å². The van der Waals surface area contributed by atoms with Crippen molar-refractivity contribution in [1.82, 2.24) is 5.32 Å². The zero-order valence-corrected chi connectivity index (χ0v) is 16.0. The molecule has 3 heteroatoms. The van der Waals surface area contributed by atoms with Crippen molar-refractivity contribution in [3.63, 3.8) is 0 Å². The lowest BCUT2D eigenvalue weighted by Crippen LogP contribution is -2.44. The van der Waals surface area contributed by atoms with Gasteiger partial charge in [0.25, 0.3) is 0 Å². The average molecular weight is 351 g/mol. The molecule has 3 aliphatic heterocycles. The summed E-state index contributed by atoms with van der Waals surface area (Å²) in [4.78, 5) is 4.27. The summed E-state index contributed by atoms with van der Waals surface area (Å²) in [5.74, 6) is 1.90. The predicted octanol–water partition coefficient (Wildman–Crippen LogP) is 4.73. The number of rotatable bonds is 1. The van der Waals surface area contributed by atoms with Gasteiger partial charge in [-0.3, -0.25) is 0 Å². The van der Waals surface area contributed by atoms with Crippen LogP contribution in [0.5, 0.6) is 0 Å². The van der Waals surface area contributed by atoms with E-state index in [1.54, 1.807) is 11.3 Å². The van der Waals surface area contributed by atoms with Crippen LogP contribution in [0.2, 0.25) is 0 Å². The Morgan fingerprint density at radius 1 is 1.16 bits per heavy atom. The Balaban J connectivity index is 1.69. The van der Waals surface area contributed by atoms with E-state index >= 15 is 0 Å². The van der Waals surface area contributed by atoms with Crippen LogP contribution in [0.15, 0.2) is 35.2 Å². The van der Waals surface area contributed by atoms with Crippen molar-refractivity contribution in [1.29, 1.82) is 0 Å². The van der Waals surface area contributed by atoms with Crippen LogP contribution < -0.4 is 10.2 Å². The topological polar surface area (TPSA) is 15.3 Å². The molecule has 0 spiro atoms. The van der Waals surface area contributed by atoms with Crippen molar-refractivity contribution in [2.45, 2.75) is 43.5 Å². The number of anilines is 1. The maximum atomic E-state index is 3.64. The third-order valence-electron chi connectivity index (χ3n) is 6.13. The molecular formula is C22H26N2S. The second-order valence-corrected chi connectivity index (χ2v) is 8.93. The molecule has 0 aromatic heterocycles. The normalized spacial score (nSPS) is 24.6. The van der Waals surface area contributed by atoms with E-state index in [0.717, 1.165) is 13.1 Å². The molecule has 0 radical (unpaired) electrons. The highest BCUT2D eigenvalue weighted by Gasteiger charge is 2.41. The average Bonchev–Trinajstić information content (AvgIpc) is 2.77. The first-order chi connectivity index (χ1) is 12.2. The van der Waals surface area contributed by atoms with Crippen molar-refractivity contribution < 1.29 is 0 Å². The summed E-state index contributed by atoms with van der Waals surface area (Å²) in [6.45, 7) is 7.96. The van der Waals surface area contributed by atoms with E-state index in [9.17, 15) is 0 Å². The van der Waals surface area contributed by atoms with Gasteiger partial charge in [0.1, 0.15) is 0 Å². The molecule has 2 atom stereocenters. The monoisotopic (exact) mass is 350 g/mol. The van der Waals surface area contributed by atoms with Crippen molar-refractivity contribution in [3.05, 3.63) is 47.0 Å². The van der Waals surface area contributed by atoms with E-state index in [-0.39, 0.29) is 0 Å². The summed E-state index contributed by atoms with van der Waals surface area (Å²) in [5.41, 5.74) is 8.70. The minimum atomic E-state index is 0.659. The van der Waals surface area contributed by atoms with Crippen LogP contribution in [0.1, 0.15) is 35.4 Å². The zero-order chi connectivity index (χ0) is 17.0. The molecule has 1 N–H and O–H groups in total. The molecule has 0 saturated carbocycles. The number of nitrogens with one attached hydrogen (secondary N) is 1. The number of piperidine rings is 1. The molecule has 130 valence electrons. The summed E-state index contributed by atoms with van der Waals surface area (Å²) in [5, 5.41) is 3.64. The fourth-order valence-electron chi connectivity index (χ4n) is 5.02. The van der Waals surface area contributed by atoms with E-state index in [2.05, 4.69) is 66.2 Å². The Hall–Kier alpha value is -1.45. The lowest BCUT2D eigenvalue weighted by molar-refractivity contribution is 0.403. The van der Waals surface area contributed by atoms with Gasteiger partial charge in [-0.1, -0.05) is 23.8 Å². The SMILES string of the molecule is Cc1ccc(-c2cc3c4c(c2)C2CNCCC2N4CCCS3)c(C)c1. The lowest BCUT2D eigenvalue weighted by Gasteiger charge is -2.33. The second kappa shape index (κ2) is 6.07. The number of nitrogens with zero attached hydrogens (tertiary/aromatic N) is 1. The summed E-state index contributed by atoms with van der Waals surface area (Å²) >= 11 is 2.07. The van der Waals surface area contributed by atoms with Gasteiger partial charge in [-0.25, -0.2) is 0 Å². The quantitative estimate of drug-likeness (QED) is 0.800. The second-order valence-electron chi connectivity index (χ2n) is 7.79. The smallest absolute Gasteiger partial charge is 0.0544 e. The van der Waals surface area contributed by atoms with Crippen LogP contribution in [-0.2, 0) is 0 Å². The third-order valence-corrected chi connectivity index (χ3v) is 7.25. The molecule has 0 aliphatic carbocycles. The van der Waals surface area contributed by atoms with Crippen molar-refractivity contribution in [2.24, 2.45) is 0 Å². The largest absolute Gasteiger partial charge is 0.367 e. The maximum absolute atomic E-state index is 3.64. The van der Waals surface area contributed by atoms with Gasteiger partial charge >= 0.3 is 0 Å². The van der Waals surface area contributed by atoms with Gasteiger partial charge in [0, 0.05) is 29.9 Å². The summed E-state index contributed by atoms with van der Waals surface area (Å²) in [6, 6.07) is 12.5. The van der Waals surface area contributed by atoms with Crippen LogP contribution >= 0.6 is 11.8 Å². The molecule has 2 unspecified atom stereocenters. The number of fused-ring (bicyclic) bond motifs is 3. The molecule has 1 fully saturated rings. The standard InChI is InChI=1S/C22H26N2S/c1-14-4-5-17(15(2)10-14)16-11-18-19-13-23-7-6-20(19)24-8-3-9-25-21(12-16)22(18)24/h4-5,10-12,19-20,23H,3,6-9,13H2,1-2H3. The molecule has 25 heavy (non-hydrogen) atoms. The number of benzene rings is 2. The molecular weight excluding hydrogens is 324 g/mol. The molecule has 0 amide bonds. The minimum Gasteiger partial charge on any atom is -0.367 e. The highest BCUT2D eigenvalue weighted by Crippen LogP contribution is 2.51. The summed E-state index contributed by atoms with van der Waals surface area (Å²) in [7, 11) is 0. The number of aryl methyl sites for hydroxylation is 2. The molecule has 2 nitrogen and oxygen atoms in total. The number of hydrogen-bond acceptors (Lipinski definition) is 3. The highest BCUT2D eigenvalue weighted by molar-refractivity contribution is 7.99. The number of hydrogen-bond donors (Lipinski definition) is 1. The lowest BCUT2D eigenvalue weighted by atomic mass is 9.88. The van der Waals surface area contributed by atoms with Crippen LogP contribution in [0.3, 0.4) is 0 Å². The first-order valence-corrected chi connectivity index (χ1v) is 10.6. The van der Waals surface area contributed by atoms with Gasteiger partial charge in [0.2, 0.25) is 0 Å². The van der Waals surface area contributed by atoms with Crippen molar-refractivity contribution in [3.8, 4) is 11.1 Å². The predicted molar refractivity (Wildman–Crippen MR) is 108 cm³/mol. The van der Waals surface area contributed by atoms with Gasteiger partial charge in [-0.2, -0.15) is 0 Å². The van der Waals surface area contributed by atoms with Gasteiger partial charge in [0.15, 0.2) is 0 Å². The Bertz CT molecular complexity index is 829. The Morgan fingerprint density at radius 2 is 2.08 bits per heavy atom. The minimum absolute atomic E-state index is 0.659.